The normalized spacial score (nSPS) is 22.3. The van der Waals surface area contributed by atoms with Gasteiger partial charge in [-0.05, 0) is 30.2 Å². The van der Waals surface area contributed by atoms with Crippen LogP contribution in [-0.2, 0) is 17.3 Å². The van der Waals surface area contributed by atoms with E-state index < -0.39 is 11.5 Å². The highest BCUT2D eigenvalue weighted by Crippen LogP contribution is 2.54. The quantitative estimate of drug-likeness (QED) is 0.542. The molecule has 2 aliphatic heterocycles. The first-order valence-electron chi connectivity index (χ1n) is 10.1. The molecule has 2 amide bonds. The third-order valence-electron chi connectivity index (χ3n) is 6.42. The molecule has 1 aromatic carbocycles. The van der Waals surface area contributed by atoms with E-state index >= 15 is 0 Å². The number of aryl methyl sites for hydroxylation is 1. The number of carbonyl (C=O) groups is 2. The van der Waals surface area contributed by atoms with Gasteiger partial charge in [0.15, 0.2) is 5.65 Å². The molecule has 1 spiro atoms. The number of fused-ring (bicyclic) bond motifs is 3. The molecule has 0 unspecified atom stereocenters. The summed E-state index contributed by atoms with van der Waals surface area (Å²) in [5.41, 5.74) is 2.83. The number of likely N-dealkylation sites (tertiary alicyclic amines) is 1. The summed E-state index contributed by atoms with van der Waals surface area (Å²) in [6, 6.07) is 10.7. The summed E-state index contributed by atoms with van der Waals surface area (Å²) >= 11 is 0. The summed E-state index contributed by atoms with van der Waals surface area (Å²) in [6.07, 6.45) is 7.33. The smallest absolute Gasteiger partial charge is 0.254 e. The number of nitrogens with zero attached hydrogens (tertiary/aromatic N) is 6. The van der Waals surface area contributed by atoms with Crippen molar-refractivity contribution in [3.63, 3.8) is 0 Å². The zero-order valence-electron chi connectivity index (χ0n) is 16.8. The van der Waals surface area contributed by atoms with E-state index in [0.717, 1.165) is 16.8 Å². The van der Waals surface area contributed by atoms with Gasteiger partial charge in [-0.2, -0.15) is 10.2 Å². The molecule has 6 rings (SSSR count). The van der Waals surface area contributed by atoms with E-state index in [-0.39, 0.29) is 11.8 Å². The maximum absolute atomic E-state index is 13.7. The van der Waals surface area contributed by atoms with Crippen LogP contribution in [-0.4, -0.2) is 47.6 Å². The average Bonchev–Trinajstić information content (AvgIpc) is 3.54. The second-order valence-corrected chi connectivity index (χ2v) is 8.05. The molecule has 0 radical (unpaired) electrons. The van der Waals surface area contributed by atoms with Crippen LogP contribution in [0.25, 0.3) is 5.65 Å². The van der Waals surface area contributed by atoms with Crippen LogP contribution in [0, 0.1) is 0 Å². The van der Waals surface area contributed by atoms with Crippen LogP contribution in [0.1, 0.15) is 33.9 Å². The van der Waals surface area contributed by atoms with E-state index in [1.807, 2.05) is 37.5 Å². The molecule has 0 aliphatic carbocycles. The van der Waals surface area contributed by atoms with Crippen molar-refractivity contribution >= 4 is 23.1 Å². The number of rotatable bonds is 2. The molecule has 1 saturated heterocycles. The Bertz CT molecular complexity index is 1360. The molecule has 0 bridgehead atoms. The van der Waals surface area contributed by atoms with Gasteiger partial charge >= 0.3 is 0 Å². The first-order chi connectivity index (χ1) is 15.1. The van der Waals surface area contributed by atoms with Gasteiger partial charge in [-0.15, -0.1) is 0 Å². The van der Waals surface area contributed by atoms with Crippen molar-refractivity contribution in [3.05, 3.63) is 78.0 Å². The lowest BCUT2D eigenvalue weighted by molar-refractivity contribution is -0.121. The van der Waals surface area contributed by atoms with Gasteiger partial charge in [0.2, 0.25) is 5.91 Å². The number of anilines is 1. The van der Waals surface area contributed by atoms with Gasteiger partial charge in [-0.3, -0.25) is 14.3 Å². The molecule has 5 heterocycles. The molecule has 9 nitrogen and oxygen atoms in total. The van der Waals surface area contributed by atoms with Crippen molar-refractivity contribution in [2.45, 2.75) is 17.9 Å². The van der Waals surface area contributed by atoms with Crippen molar-refractivity contribution < 1.29 is 9.59 Å². The second-order valence-electron chi connectivity index (χ2n) is 8.05. The standard InChI is InChI=1S/C22H19N7O2/c1-27-12-15(11-24-27)19-22(16-4-2-3-5-17(16)26-21(22)31)7-9-28(19)20(30)14-6-8-29-18(10-14)23-13-25-29/h2-6,8,10-13,19H,7,9H2,1H3,(H,26,31)/t19-,22+/m0/s1. The fourth-order valence-electron chi connectivity index (χ4n) is 5.06. The topological polar surface area (TPSA) is 97.4 Å². The first kappa shape index (κ1) is 17.8. The maximum Gasteiger partial charge on any atom is 0.254 e. The van der Waals surface area contributed by atoms with Crippen LogP contribution in [0.4, 0.5) is 5.69 Å². The van der Waals surface area contributed by atoms with Crippen molar-refractivity contribution in [2.24, 2.45) is 7.05 Å². The van der Waals surface area contributed by atoms with Gasteiger partial charge in [-0.1, -0.05) is 18.2 Å². The van der Waals surface area contributed by atoms with Crippen LogP contribution in [0.5, 0.6) is 0 Å². The SMILES string of the molecule is Cn1cc([C@@H]2N(C(=O)c3ccn4ncnc4c3)CC[C@]23C(=O)Nc2ccccc23)cn1. The molecule has 31 heavy (non-hydrogen) atoms. The van der Waals surface area contributed by atoms with E-state index in [2.05, 4.69) is 20.5 Å². The Kier molecular flexibility index (Phi) is 3.59. The summed E-state index contributed by atoms with van der Waals surface area (Å²) in [4.78, 5) is 33.0. The third kappa shape index (κ3) is 2.40. The summed E-state index contributed by atoms with van der Waals surface area (Å²) in [6.45, 7) is 0.456. The fraction of sp³-hybridized carbons (Fsp3) is 0.227. The number of pyridine rings is 1. The van der Waals surface area contributed by atoms with Gasteiger partial charge in [0, 0.05) is 42.8 Å². The lowest BCUT2D eigenvalue weighted by atomic mass is 9.73. The van der Waals surface area contributed by atoms with Crippen molar-refractivity contribution in [3.8, 4) is 0 Å². The minimum atomic E-state index is -0.853. The van der Waals surface area contributed by atoms with Gasteiger partial charge in [0.25, 0.3) is 5.91 Å². The van der Waals surface area contributed by atoms with Gasteiger partial charge in [-0.25, -0.2) is 9.50 Å². The van der Waals surface area contributed by atoms with Crippen LogP contribution < -0.4 is 5.32 Å². The molecule has 154 valence electrons. The molecule has 2 atom stereocenters. The minimum absolute atomic E-state index is 0.0780. The monoisotopic (exact) mass is 413 g/mol. The Labute approximate surface area is 177 Å². The van der Waals surface area contributed by atoms with E-state index in [0.29, 0.717) is 24.2 Å². The number of para-hydroxylation sites is 1. The predicted octanol–water partition coefficient (Wildman–Crippen LogP) is 1.94. The predicted molar refractivity (Wildman–Crippen MR) is 111 cm³/mol. The molecular weight excluding hydrogens is 394 g/mol. The largest absolute Gasteiger partial charge is 0.330 e. The zero-order chi connectivity index (χ0) is 21.2. The molecule has 3 aromatic heterocycles. The Morgan fingerprint density at radius 3 is 2.94 bits per heavy atom. The van der Waals surface area contributed by atoms with Gasteiger partial charge in [0.1, 0.15) is 11.7 Å². The molecule has 1 fully saturated rings. The Hall–Kier alpha value is -4.01. The molecule has 2 aliphatic rings. The van der Waals surface area contributed by atoms with E-state index in [4.69, 9.17) is 0 Å². The summed E-state index contributed by atoms with van der Waals surface area (Å²) < 4.78 is 3.31. The zero-order valence-corrected chi connectivity index (χ0v) is 16.8. The average molecular weight is 413 g/mol. The second kappa shape index (κ2) is 6.24. The maximum atomic E-state index is 13.7. The lowest BCUT2D eigenvalue weighted by Gasteiger charge is -2.33. The van der Waals surface area contributed by atoms with Crippen LogP contribution in [0.2, 0.25) is 0 Å². The highest BCUT2D eigenvalue weighted by molar-refractivity contribution is 6.08. The van der Waals surface area contributed by atoms with E-state index in [1.54, 1.807) is 38.6 Å². The summed E-state index contributed by atoms with van der Waals surface area (Å²) in [5, 5.41) is 11.4. The van der Waals surface area contributed by atoms with Crippen molar-refractivity contribution in [2.75, 3.05) is 11.9 Å². The molecule has 1 N–H and O–H groups in total. The molecular formula is C22H19N7O2. The van der Waals surface area contributed by atoms with Crippen molar-refractivity contribution in [1.82, 2.24) is 29.3 Å². The molecule has 0 saturated carbocycles. The number of benzene rings is 1. The minimum Gasteiger partial charge on any atom is -0.330 e. The Morgan fingerprint density at radius 2 is 2.10 bits per heavy atom. The van der Waals surface area contributed by atoms with Crippen LogP contribution in [0.15, 0.2) is 61.3 Å². The van der Waals surface area contributed by atoms with Crippen LogP contribution >= 0.6 is 0 Å². The van der Waals surface area contributed by atoms with Gasteiger partial charge in [0.05, 0.1) is 12.2 Å². The van der Waals surface area contributed by atoms with E-state index in [1.165, 1.54) is 6.33 Å². The highest BCUT2D eigenvalue weighted by Gasteiger charge is 2.59. The highest BCUT2D eigenvalue weighted by atomic mass is 16.2. The number of hydrogen-bond acceptors (Lipinski definition) is 5. The molecule has 4 aromatic rings. The summed E-state index contributed by atoms with van der Waals surface area (Å²) in [7, 11) is 1.83. The Balaban J connectivity index is 1.50. The number of aromatic nitrogens is 5. The fourth-order valence-corrected chi connectivity index (χ4v) is 5.06. The third-order valence-corrected chi connectivity index (χ3v) is 6.42. The van der Waals surface area contributed by atoms with Crippen LogP contribution in [0.3, 0.4) is 0 Å². The number of carbonyl (C=O) groups excluding carboxylic acids is 2. The molecule has 9 heteroatoms. The Morgan fingerprint density at radius 1 is 1.23 bits per heavy atom. The number of hydrogen-bond donors (Lipinski definition) is 1. The summed E-state index contributed by atoms with van der Waals surface area (Å²) in [5.74, 6) is -0.223. The number of nitrogens with one attached hydrogen (secondary N) is 1. The van der Waals surface area contributed by atoms with Gasteiger partial charge < -0.3 is 10.2 Å². The van der Waals surface area contributed by atoms with Crippen molar-refractivity contribution in [1.29, 1.82) is 0 Å². The lowest BCUT2D eigenvalue weighted by Crippen LogP contribution is -2.42. The first-order valence-corrected chi connectivity index (χ1v) is 10.1. The number of amides is 2. The van der Waals surface area contributed by atoms with E-state index in [9.17, 15) is 9.59 Å².